The molecule has 116 valence electrons. The van der Waals surface area contributed by atoms with Gasteiger partial charge in [-0.3, -0.25) is 4.79 Å². The Bertz CT molecular complexity index is 518. The van der Waals surface area contributed by atoms with Crippen LogP contribution < -0.4 is 0 Å². The first-order valence-corrected chi connectivity index (χ1v) is 8.07. The summed E-state index contributed by atoms with van der Waals surface area (Å²) in [6.45, 7) is 6.26. The zero-order valence-corrected chi connectivity index (χ0v) is 14.0. The number of rotatable bonds is 3. The van der Waals surface area contributed by atoms with Gasteiger partial charge in [-0.2, -0.15) is 0 Å². The fraction of sp³-hybridized carbons (Fsp3) is 0.688. The second kappa shape index (κ2) is 6.73. The maximum Gasteiger partial charge on any atom is 0.274 e. The van der Waals surface area contributed by atoms with E-state index in [1.165, 1.54) is 19.0 Å². The largest absolute Gasteiger partial charge is 0.337 e. The predicted octanol–water partition coefficient (Wildman–Crippen LogP) is 3.90. The number of amides is 1. The molecule has 2 rings (SSSR count). The molecule has 1 saturated carbocycles. The van der Waals surface area contributed by atoms with Gasteiger partial charge in [0.25, 0.3) is 5.91 Å². The third-order valence-corrected chi connectivity index (χ3v) is 4.54. The predicted molar refractivity (Wildman–Crippen MR) is 84.6 cm³/mol. The van der Waals surface area contributed by atoms with Gasteiger partial charge in [0.05, 0.1) is 11.2 Å². The summed E-state index contributed by atoms with van der Waals surface area (Å²) in [5, 5.41) is 0.333. The molecule has 5 heteroatoms. The number of aromatic nitrogens is 2. The van der Waals surface area contributed by atoms with Crippen molar-refractivity contribution in [3.63, 3.8) is 0 Å². The Labute approximate surface area is 131 Å². The van der Waals surface area contributed by atoms with E-state index >= 15 is 0 Å². The number of carbonyl (C=O) groups is 1. The average Bonchev–Trinajstić information content (AvgIpc) is 2.46. The molecular formula is C16H24ClN3O. The SMILES string of the molecule is CC1CCCC(N(C)C(=O)c2nc(C(C)C)ncc2Cl)C1. The standard InChI is InChI=1S/C16H24ClN3O/c1-10(2)15-18-9-13(17)14(19-15)16(21)20(4)12-7-5-6-11(3)8-12/h9-12H,5-8H2,1-4H3. The maximum absolute atomic E-state index is 12.7. The highest BCUT2D eigenvalue weighted by Gasteiger charge is 2.28. The van der Waals surface area contributed by atoms with Gasteiger partial charge in [-0.1, -0.05) is 45.2 Å². The Morgan fingerprint density at radius 2 is 2.14 bits per heavy atom. The first kappa shape index (κ1) is 16.2. The van der Waals surface area contributed by atoms with Crippen molar-refractivity contribution in [1.29, 1.82) is 0 Å². The third-order valence-electron chi connectivity index (χ3n) is 4.26. The second-order valence-corrected chi connectivity index (χ2v) is 6.83. The van der Waals surface area contributed by atoms with E-state index in [9.17, 15) is 4.79 Å². The lowest BCUT2D eigenvalue weighted by Crippen LogP contribution is -2.40. The highest BCUT2D eigenvalue weighted by Crippen LogP contribution is 2.28. The number of hydrogen-bond donors (Lipinski definition) is 0. The van der Waals surface area contributed by atoms with Gasteiger partial charge in [0, 0.05) is 19.0 Å². The van der Waals surface area contributed by atoms with Gasteiger partial charge in [-0.15, -0.1) is 0 Å². The Morgan fingerprint density at radius 3 is 2.76 bits per heavy atom. The van der Waals surface area contributed by atoms with Gasteiger partial charge < -0.3 is 4.90 Å². The number of carbonyl (C=O) groups excluding carboxylic acids is 1. The van der Waals surface area contributed by atoms with Crippen molar-refractivity contribution >= 4 is 17.5 Å². The summed E-state index contributed by atoms with van der Waals surface area (Å²) in [5.74, 6) is 1.41. The topological polar surface area (TPSA) is 46.1 Å². The molecule has 0 aromatic carbocycles. The van der Waals surface area contributed by atoms with Crippen molar-refractivity contribution in [3.05, 3.63) is 22.7 Å². The van der Waals surface area contributed by atoms with Crippen molar-refractivity contribution in [2.75, 3.05) is 7.05 Å². The van der Waals surface area contributed by atoms with Crippen molar-refractivity contribution < 1.29 is 4.79 Å². The molecule has 1 amide bonds. The number of halogens is 1. The van der Waals surface area contributed by atoms with Crippen molar-refractivity contribution in [2.45, 2.75) is 58.4 Å². The summed E-state index contributed by atoms with van der Waals surface area (Å²) >= 11 is 6.13. The fourth-order valence-electron chi connectivity index (χ4n) is 2.90. The Kier molecular flexibility index (Phi) is 5.20. The molecule has 1 aromatic heterocycles. The molecule has 0 bridgehead atoms. The smallest absolute Gasteiger partial charge is 0.274 e. The molecular weight excluding hydrogens is 286 g/mol. The Balaban J connectivity index is 2.20. The van der Waals surface area contributed by atoms with Crippen LogP contribution in [0, 0.1) is 5.92 Å². The lowest BCUT2D eigenvalue weighted by atomic mass is 9.86. The van der Waals surface area contributed by atoms with Crippen LogP contribution in [0.5, 0.6) is 0 Å². The molecule has 0 saturated heterocycles. The van der Waals surface area contributed by atoms with E-state index in [1.807, 2.05) is 25.8 Å². The molecule has 2 unspecified atom stereocenters. The van der Waals surface area contributed by atoms with Crippen molar-refractivity contribution in [2.24, 2.45) is 5.92 Å². The lowest BCUT2D eigenvalue weighted by Gasteiger charge is -2.34. The van der Waals surface area contributed by atoms with Crippen LogP contribution in [0.2, 0.25) is 5.02 Å². The van der Waals surface area contributed by atoms with Crippen LogP contribution in [0.3, 0.4) is 0 Å². The van der Waals surface area contributed by atoms with Crippen LogP contribution in [-0.2, 0) is 0 Å². The van der Waals surface area contributed by atoms with Gasteiger partial charge in [-0.25, -0.2) is 9.97 Å². The van der Waals surface area contributed by atoms with E-state index in [0.717, 1.165) is 12.8 Å². The van der Waals surface area contributed by atoms with Gasteiger partial charge >= 0.3 is 0 Å². The summed E-state index contributed by atoms with van der Waals surface area (Å²) < 4.78 is 0. The third kappa shape index (κ3) is 3.73. The summed E-state index contributed by atoms with van der Waals surface area (Å²) in [6, 6.07) is 0.287. The molecule has 4 nitrogen and oxygen atoms in total. The van der Waals surface area contributed by atoms with E-state index in [2.05, 4.69) is 16.9 Å². The molecule has 1 fully saturated rings. The first-order chi connectivity index (χ1) is 9.90. The summed E-state index contributed by atoms with van der Waals surface area (Å²) in [7, 11) is 1.86. The van der Waals surface area contributed by atoms with Crippen LogP contribution in [-0.4, -0.2) is 33.9 Å². The van der Waals surface area contributed by atoms with Gasteiger partial charge in [0.1, 0.15) is 5.82 Å². The fourth-order valence-corrected chi connectivity index (χ4v) is 3.07. The molecule has 0 N–H and O–H groups in total. The molecule has 2 atom stereocenters. The molecule has 0 spiro atoms. The quantitative estimate of drug-likeness (QED) is 0.850. The van der Waals surface area contributed by atoms with Crippen LogP contribution in [0.15, 0.2) is 6.20 Å². The molecule has 1 aliphatic carbocycles. The molecule has 0 aliphatic heterocycles. The summed E-state index contributed by atoms with van der Waals surface area (Å²) in [5.41, 5.74) is 0.330. The molecule has 1 aromatic rings. The average molecular weight is 310 g/mol. The van der Waals surface area contributed by atoms with Crippen molar-refractivity contribution in [3.8, 4) is 0 Å². The van der Waals surface area contributed by atoms with E-state index in [4.69, 9.17) is 11.6 Å². The lowest BCUT2D eigenvalue weighted by molar-refractivity contribution is 0.0666. The van der Waals surface area contributed by atoms with E-state index < -0.39 is 0 Å². The molecule has 1 heterocycles. The van der Waals surface area contributed by atoms with E-state index in [1.54, 1.807) is 0 Å². The summed E-state index contributed by atoms with van der Waals surface area (Å²) in [6.07, 6.45) is 6.09. The van der Waals surface area contributed by atoms with Crippen LogP contribution in [0.25, 0.3) is 0 Å². The summed E-state index contributed by atoms with van der Waals surface area (Å²) in [4.78, 5) is 23.1. The minimum absolute atomic E-state index is 0.0941. The number of nitrogens with zero attached hydrogens (tertiary/aromatic N) is 3. The van der Waals surface area contributed by atoms with Crippen LogP contribution in [0.4, 0.5) is 0 Å². The Morgan fingerprint density at radius 1 is 1.43 bits per heavy atom. The monoisotopic (exact) mass is 309 g/mol. The zero-order valence-electron chi connectivity index (χ0n) is 13.3. The highest BCUT2D eigenvalue weighted by molar-refractivity contribution is 6.33. The van der Waals surface area contributed by atoms with Crippen LogP contribution in [0.1, 0.15) is 68.7 Å². The molecule has 1 aliphatic rings. The minimum atomic E-state index is -0.0941. The molecule has 21 heavy (non-hydrogen) atoms. The van der Waals surface area contributed by atoms with E-state index in [-0.39, 0.29) is 17.9 Å². The number of hydrogen-bond acceptors (Lipinski definition) is 3. The first-order valence-electron chi connectivity index (χ1n) is 7.69. The van der Waals surface area contributed by atoms with E-state index in [0.29, 0.717) is 22.5 Å². The Hall–Kier alpha value is -1.16. The van der Waals surface area contributed by atoms with Gasteiger partial charge in [0.2, 0.25) is 0 Å². The van der Waals surface area contributed by atoms with Gasteiger partial charge in [-0.05, 0) is 18.8 Å². The van der Waals surface area contributed by atoms with Crippen LogP contribution >= 0.6 is 11.6 Å². The van der Waals surface area contributed by atoms with Gasteiger partial charge in [0.15, 0.2) is 5.69 Å². The highest BCUT2D eigenvalue weighted by atomic mass is 35.5. The second-order valence-electron chi connectivity index (χ2n) is 6.42. The molecule has 0 radical (unpaired) electrons. The zero-order chi connectivity index (χ0) is 15.6. The normalized spacial score (nSPS) is 22.4. The minimum Gasteiger partial charge on any atom is -0.337 e. The van der Waals surface area contributed by atoms with Crippen molar-refractivity contribution in [1.82, 2.24) is 14.9 Å². The maximum atomic E-state index is 12.7.